The molecule has 2 atom stereocenters. The van der Waals surface area contributed by atoms with Gasteiger partial charge in [-0.05, 0) is 32.1 Å². The number of carbonyl (C=O) groups excluding carboxylic acids is 2. The summed E-state index contributed by atoms with van der Waals surface area (Å²) in [5, 5.41) is 0. The highest BCUT2D eigenvalue weighted by molar-refractivity contribution is 7.81. The van der Waals surface area contributed by atoms with Crippen LogP contribution in [-0.2, 0) is 14.4 Å². The van der Waals surface area contributed by atoms with Crippen molar-refractivity contribution in [1.29, 1.82) is 0 Å². The van der Waals surface area contributed by atoms with Gasteiger partial charge in [0.2, 0.25) is 5.91 Å². The molecule has 0 radical (unpaired) electrons. The second kappa shape index (κ2) is 7.11. The highest BCUT2D eigenvalue weighted by Crippen LogP contribution is 2.42. The number of amides is 1. The number of hydrogen-bond acceptors (Lipinski definition) is 5. The number of Topliss-reactive ketones (excluding diaryl/α,β-unsaturated/α-hetero) is 1. The van der Waals surface area contributed by atoms with Crippen molar-refractivity contribution < 1.29 is 14.4 Å². The fourth-order valence-corrected chi connectivity index (χ4v) is 3.11. The van der Waals surface area contributed by atoms with E-state index in [9.17, 15) is 9.59 Å². The molecule has 0 aromatic rings. The van der Waals surface area contributed by atoms with Crippen molar-refractivity contribution in [3.05, 3.63) is 0 Å². The molecule has 1 aliphatic rings. The maximum absolute atomic E-state index is 12.6. The fraction of sp³-hybridized carbons (Fsp3) is 0.867. The van der Waals surface area contributed by atoms with Gasteiger partial charge in [-0.2, -0.15) is 12.6 Å². The first-order valence-corrected chi connectivity index (χ1v) is 7.88. The molecule has 6 heteroatoms. The van der Waals surface area contributed by atoms with Gasteiger partial charge in [0, 0.05) is 24.1 Å². The highest BCUT2D eigenvalue weighted by atomic mass is 32.1. The average Bonchev–Trinajstić information content (AvgIpc) is 2.75. The molecular weight excluding hydrogens is 288 g/mol. The van der Waals surface area contributed by atoms with E-state index in [2.05, 4.69) is 0 Å². The lowest BCUT2D eigenvalue weighted by atomic mass is 9.73. The molecule has 0 bridgehead atoms. The summed E-state index contributed by atoms with van der Waals surface area (Å²) in [7, 11) is 0. The summed E-state index contributed by atoms with van der Waals surface area (Å²) < 4.78 is -0.549. The second-order valence-electron chi connectivity index (χ2n) is 6.93. The minimum Gasteiger partial charge on any atom is -0.337 e. The molecule has 0 aliphatic carbocycles. The third kappa shape index (κ3) is 4.69. The molecule has 0 saturated carbocycles. The summed E-state index contributed by atoms with van der Waals surface area (Å²) in [6.45, 7) is 8.58. The van der Waals surface area contributed by atoms with Crippen molar-refractivity contribution in [3.8, 4) is 0 Å². The maximum atomic E-state index is 12.6. The van der Waals surface area contributed by atoms with E-state index in [1.54, 1.807) is 6.92 Å². The Hall–Kier alpha value is -0.590. The summed E-state index contributed by atoms with van der Waals surface area (Å²) in [5.41, 5.74) is -0.350. The lowest BCUT2D eigenvalue weighted by Gasteiger charge is -2.41. The first-order valence-electron chi connectivity index (χ1n) is 7.43. The van der Waals surface area contributed by atoms with Gasteiger partial charge in [0.1, 0.15) is 5.78 Å². The number of thiol groups is 1. The topological polar surface area (TPSA) is 72.6 Å². The molecular formula is C15H28N2O3S. The smallest absolute Gasteiger partial charge is 0.224 e. The van der Waals surface area contributed by atoms with Gasteiger partial charge in [-0.3, -0.25) is 4.79 Å². The van der Waals surface area contributed by atoms with E-state index in [1.165, 1.54) is 0 Å². The Morgan fingerprint density at radius 2 is 1.95 bits per heavy atom. The van der Waals surface area contributed by atoms with Crippen LogP contribution in [0.25, 0.3) is 0 Å². The van der Waals surface area contributed by atoms with Crippen molar-refractivity contribution in [2.24, 2.45) is 11.3 Å². The Balaban J connectivity index is 2.73. The van der Waals surface area contributed by atoms with Crippen molar-refractivity contribution >= 4 is 24.3 Å². The van der Waals surface area contributed by atoms with Crippen molar-refractivity contribution in [2.75, 3.05) is 13.2 Å². The Labute approximate surface area is 132 Å². The summed E-state index contributed by atoms with van der Waals surface area (Å²) in [6.07, 6.45) is 2.61. The molecule has 0 spiro atoms. The molecule has 2 N–H and O–H groups in total. The molecule has 2 unspecified atom stereocenters. The van der Waals surface area contributed by atoms with Crippen molar-refractivity contribution in [2.45, 2.75) is 64.2 Å². The summed E-state index contributed by atoms with van der Waals surface area (Å²) in [6, 6.07) is 0.0579. The average molecular weight is 316 g/mol. The van der Waals surface area contributed by atoms with E-state index < -0.39 is 4.75 Å². The molecule has 0 aromatic heterocycles. The molecule has 5 nitrogen and oxygen atoms in total. The molecule has 0 aromatic carbocycles. The molecule has 1 heterocycles. The van der Waals surface area contributed by atoms with Gasteiger partial charge in [-0.1, -0.05) is 13.8 Å². The van der Waals surface area contributed by atoms with Crippen LogP contribution >= 0.6 is 12.6 Å². The Kier molecular flexibility index (Phi) is 6.25. The number of carbonyl (C=O) groups is 2. The van der Waals surface area contributed by atoms with Crippen LogP contribution in [0.15, 0.2) is 0 Å². The molecule has 1 fully saturated rings. The monoisotopic (exact) mass is 316 g/mol. The summed E-state index contributed by atoms with van der Waals surface area (Å²) in [4.78, 5) is 30.5. The maximum Gasteiger partial charge on any atom is 0.224 e. The predicted molar refractivity (Wildman–Crippen MR) is 86.0 cm³/mol. The van der Waals surface area contributed by atoms with Gasteiger partial charge in [0.25, 0.3) is 0 Å². The number of nitrogens with two attached hydrogens (primary N) is 1. The number of nitrogens with zero attached hydrogens (tertiary/aromatic N) is 1. The zero-order chi connectivity index (χ0) is 16.3. The lowest BCUT2D eigenvalue weighted by molar-refractivity contribution is -0.135. The zero-order valence-corrected chi connectivity index (χ0v) is 14.4. The number of likely N-dealkylation sites (tertiary alicyclic amines) is 1. The SMILES string of the molecule is CC(=O)CC(C)(C)C(C)(S)CC(=O)N1CCCC1CON. The molecule has 122 valence electrons. The molecule has 1 aliphatic heterocycles. The van der Waals surface area contributed by atoms with Crippen molar-refractivity contribution in [1.82, 2.24) is 4.90 Å². The molecule has 1 saturated heterocycles. The third-order valence-corrected chi connectivity index (χ3v) is 5.39. The van der Waals surface area contributed by atoms with E-state index in [1.807, 2.05) is 25.7 Å². The Morgan fingerprint density at radius 3 is 2.48 bits per heavy atom. The van der Waals surface area contributed by atoms with Crippen LogP contribution in [0.1, 0.15) is 53.4 Å². The van der Waals surface area contributed by atoms with E-state index >= 15 is 0 Å². The molecule has 21 heavy (non-hydrogen) atoms. The van der Waals surface area contributed by atoms with Gasteiger partial charge in [-0.25, -0.2) is 5.90 Å². The van der Waals surface area contributed by atoms with E-state index in [-0.39, 0.29) is 23.1 Å². The largest absolute Gasteiger partial charge is 0.337 e. The first kappa shape index (κ1) is 18.5. The Morgan fingerprint density at radius 1 is 1.33 bits per heavy atom. The van der Waals surface area contributed by atoms with Crippen LogP contribution in [-0.4, -0.2) is 40.5 Å². The standard InChI is InChI=1S/C15H28N2O3S/c1-11(18)8-14(2,3)15(4,21)9-13(19)17-7-5-6-12(17)10-20-16/h12,21H,5-10,16H2,1-4H3. The van der Waals surface area contributed by atoms with E-state index in [0.29, 0.717) is 19.4 Å². The van der Waals surface area contributed by atoms with Gasteiger partial charge >= 0.3 is 0 Å². The normalized spacial score (nSPS) is 22.2. The molecule has 1 rings (SSSR count). The minimum absolute atomic E-state index is 0.0579. The van der Waals surface area contributed by atoms with Crippen LogP contribution in [0, 0.1) is 5.41 Å². The van der Waals surface area contributed by atoms with Gasteiger partial charge in [-0.15, -0.1) is 0 Å². The quantitative estimate of drug-likeness (QED) is 0.556. The number of rotatable bonds is 7. The van der Waals surface area contributed by atoms with Crippen LogP contribution in [0.2, 0.25) is 0 Å². The van der Waals surface area contributed by atoms with Gasteiger partial charge in [0.05, 0.1) is 12.6 Å². The fourth-order valence-electron chi connectivity index (χ4n) is 2.90. The minimum atomic E-state index is -0.549. The van der Waals surface area contributed by atoms with Crippen LogP contribution in [0.4, 0.5) is 0 Å². The number of ketones is 1. The summed E-state index contributed by atoms with van der Waals surface area (Å²) >= 11 is 4.70. The molecule has 1 amide bonds. The zero-order valence-electron chi connectivity index (χ0n) is 13.5. The lowest BCUT2D eigenvalue weighted by Crippen LogP contribution is -2.46. The number of hydrogen-bond donors (Lipinski definition) is 2. The van der Waals surface area contributed by atoms with E-state index in [0.717, 1.165) is 19.4 Å². The second-order valence-corrected chi connectivity index (χ2v) is 7.92. The van der Waals surface area contributed by atoms with Crippen molar-refractivity contribution in [3.63, 3.8) is 0 Å². The van der Waals surface area contributed by atoms with Gasteiger partial charge in [0.15, 0.2) is 0 Å². The van der Waals surface area contributed by atoms with E-state index in [4.69, 9.17) is 23.4 Å². The van der Waals surface area contributed by atoms with Crippen LogP contribution in [0.3, 0.4) is 0 Å². The summed E-state index contributed by atoms with van der Waals surface area (Å²) in [5.74, 6) is 5.30. The van der Waals surface area contributed by atoms with Crippen LogP contribution in [0.5, 0.6) is 0 Å². The Bertz CT molecular complexity index is 396. The predicted octanol–water partition coefficient (Wildman–Crippen LogP) is 1.95. The highest BCUT2D eigenvalue weighted by Gasteiger charge is 2.42. The third-order valence-electron chi connectivity index (χ3n) is 4.63. The first-order chi connectivity index (χ1) is 9.60. The van der Waals surface area contributed by atoms with Gasteiger partial charge < -0.3 is 14.5 Å². The van der Waals surface area contributed by atoms with Crippen LogP contribution < -0.4 is 5.90 Å².